The van der Waals surface area contributed by atoms with Gasteiger partial charge in [0.2, 0.25) is 0 Å². The molecule has 4 saturated carbocycles. The Morgan fingerprint density at radius 3 is 2.63 bits per heavy atom. The zero-order valence-corrected chi connectivity index (χ0v) is 17.5. The molecule has 1 N–H and O–H groups in total. The van der Waals surface area contributed by atoms with Gasteiger partial charge in [-0.1, -0.05) is 46.5 Å². The van der Waals surface area contributed by atoms with Crippen molar-refractivity contribution in [1.29, 1.82) is 0 Å². The lowest BCUT2D eigenvalue weighted by atomic mass is 9.44. The summed E-state index contributed by atoms with van der Waals surface area (Å²) in [6.07, 6.45) is 11.6. The number of hydrogen-bond donors (Lipinski definition) is 1. The first kappa shape index (κ1) is 19.5. The monoisotopic (exact) mass is 374 g/mol. The van der Waals surface area contributed by atoms with Crippen LogP contribution in [0, 0.1) is 46.3 Å². The van der Waals surface area contributed by atoms with Crippen molar-refractivity contribution in [2.24, 2.45) is 46.3 Å². The van der Waals surface area contributed by atoms with E-state index >= 15 is 0 Å². The summed E-state index contributed by atoms with van der Waals surface area (Å²) < 4.78 is 0. The molecular weight excluding hydrogens is 336 g/mol. The Bertz CT molecular complexity index is 613. The quantitative estimate of drug-likeness (QED) is 0.685. The molecule has 0 unspecified atom stereocenters. The van der Waals surface area contributed by atoms with Crippen LogP contribution in [0.15, 0.2) is 0 Å². The van der Waals surface area contributed by atoms with Gasteiger partial charge in [-0.15, -0.1) is 0 Å². The van der Waals surface area contributed by atoms with Crippen molar-refractivity contribution < 1.29 is 14.7 Å². The van der Waals surface area contributed by atoms with Gasteiger partial charge in [0.15, 0.2) is 0 Å². The molecular formula is C24H38O3. The van der Waals surface area contributed by atoms with Crippen molar-refractivity contribution in [2.75, 3.05) is 0 Å². The fourth-order valence-corrected chi connectivity index (χ4v) is 8.74. The molecule has 0 aliphatic heterocycles. The lowest BCUT2D eigenvalue weighted by Gasteiger charge is -2.59. The molecule has 4 aliphatic rings. The molecule has 4 rings (SSSR count). The van der Waals surface area contributed by atoms with Gasteiger partial charge >= 0.3 is 5.97 Å². The predicted molar refractivity (Wildman–Crippen MR) is 106 cm³/mol. The van der Waals surface area contributed by atoms with Crippen LogP contribution in [0.3, 0.4) is 0 Å². The first-order chi connectivity index (χ1) is 12.9. The first-order valence-electron chi connectivity index (χ1n) is 11.6. The number of Topliss-reactive ketones (excluding diaryl/α,β-unsaturated/α-hetero) is 1. The number of ketones is 1. The van der Waals surface area contributed by atoms with E-state index in [2.05, 4.69) is 20.8 Å². The average Bonchev–Trinajstić information content (AvgIpc) is 2.91. The van der Waals surface area contributed by atoms with Crippen molar-refractivity contribution in [3.63, 3.8) is 0 Å². The number of carboxylic acids is 1. The Hall–Kier alpha value is -0.860. The molecule has 27 heavy (non-hydrogen) atoms. The van der Waals surface area contributed by atoms with Gasteiger partial charge in [-0.05, 0) is 73.5 Å². The topological polar surface area (TPSA) is 54.4 Å². The van der Waals surface area contributed by atoms with Crippen molar-refractivity contribution >= 4 is 11.8 Å². The number of rotatable bonds is 4. The predicted octanol–water partition coefficient (Wildman–Crippen LogP) is 5.72. The molecule has 0 saturated heterocycles. The molecule has 0 aromatic heterocycles. The third-order valence-electron chi connectivity index (χ3n) is 9.70. The van der Waals surface area contributed by atoms with Crippen molar-refractivity contribution in [3.05, 3.63) is 0 Å². The van der Waals surface area contributed by atoms with E-state index in [9.17, 15) is 14.7 Å². The summed E-state index contributed by atoms with van der Waals surface area (Å²) in [4.78, 5) is 25.7. The summed E-state index contributed by atoms with van der Waals surface area (Å²) in [5, 5.41) is 10.4. The maximum atomic E-state index is 13.1. The van der Waals surface area contributed by atoms with Gasteiger partial charge in [-0.3, -0.25) is 9.59 Å². The summed E-state index contributed by atoms with van der Waals surface area (Å²) in [6, 6.07) is 0. The molecule has 0 aromatic carbocycles. The smallest absolute Gasteiger partial charge is 0.310 e. The molecule has 0 spiro atoms. The van der Waals surface area contributed by atoms with Crippen LogP contribution >= 0.6 is 0 Å². The van der Waals surface area contributed by atoms with Crippen LogP contribution in [-0.4, -0.2) is 16.9 Å². The minimum Gasteiger partial charge on any atom is -0.481 e. The number of fused-ring (bicyclic) bond motifs is 5. The lowest BCUT2D eigenvalue weighted by Crippen LogP contribution is -2.57. The molecule has 4 fully saturated rings. The normalized spacial score (nSPS) is 47.7. The zero-order chi connectivity index (χ0) is 19.4. The Balaban J connectivity index is 1.67. The third-order valence-corrected chi connectivity index (χ3v) is 9.70. The number of aliphatic carboxylic acids is 1. The highest BCUT2D eigenvalue weighted by Crippen LogP contribution is 2.67. The van der Waals surface area contributed by atoms with E-state index in [-0.39, 0.29) is 11.3 Å². The largest absolute Gasteiger partial charge is 0.481 e. The Labute approximate surface area is 164 Å². The van der Waals surface area contributed by atoms with Crippen LogP contribution in [-0.2, 0) is 9.59 Å². The van der Waals surface area contributed by atoms with E-state index in [1.54, 1.807) is 0 Å². The van der Waals surface area contributed by atoms with E-state index in [0.717, 1.165) is 64.2 Å². The number of hydrogen-bond acceptors (Lipinski definition) is 2. The van der Waals surface area contributed by atoms with Crippen molar-refractivity contribution in [2.45, 2.75) is 91.4 Å². The van der Waals surface area contributed by atoms with E-state index < -0.39 is 11.4 Å². The summed E-state index contributed by atoms with van der Waals surface area (Å²) in [6.45, 7) is 6.88. The summed E-state index contributed by atoms with van der Waals surface area (Å²) in [5.74, 6) is 2.19. The molecule has 0 amide bonds. The van der Waals surface area contributed by atoms with E-state index in [4.69, 9.17) is 0 Å². The Kier molecular flexibility index (Phi) is 4.96. The number of carboxylic acid groups (broad SMARTS) is 1. The van der Waals surface area contributed by atoms with Crippen LogP contribution in [0.25, 0.3) is 0 Å². The molecule has 4 aliphatic carbocycles. The van der Waals surface area contributed by atoms with Crippen molar-refractivity contribution in [3.8, 4) is 0 Å². The van der Waals surface area contributed by atoms with Gasteiger partial charge in [0.05, 0.1) is 5.41 Å². The molecule has 0 bridgehead atoms. The molecule has 3 nitrogen and oxygen atoms in total. The maximum absolute atomic E-state index is 13.1. The van der Waals surface area contributed by atoms with Crippen LogP contribution in [0.2, 0.25) is 0 Å². The molecule has 0 radical (unpaired) electrons. The van der Waals surface area contributed by atoms with E-state index in [1.165, 1.54) is 6.42 Å². The fourth-order valence-electron chi connectivity index (χ4n) is 8.74. The highest BCUT2D eigenvalue weighted by atomic mass is 16.4. The Morgan fingerprint density at radius 2 is 1.93 bits per heavy atom. The number of carbonyl (C=O) groups excluding carboxylic acids is 1. The molecule has 152 valence electrons. The molecule has 8 atom stereocenters. The highest BCUT2D eigenvalue weighted by molar-refractivity contribution is 5.85. The highest BCUT2D eigenvalue weighted by Gasteiger charge is 2.65. The van der Waals surface area contributed by atoms with Crippen molar-refractivity contribution in [1.82, 2.24) is 0 Å². The van der Waals surface area contributed by atoms with Crippen LogP contribution in [0.5, 0.6) is 0 Å². The third kappa shape index (κ3) is 2.66. The second kappa shape index (κ2) is 6.88. The van der Waals surface area contributed by atoms with Crippen LogP contribution < -0.4 is 0 Å². The fraction of sp³-hybridized carbons (Fsp3) is 0.917. The van der Waals surface area contributed by atoms with Crippen LogP contribution in [0.4, 0.5) is 0 Å². The molecule has 0 aromatic rings. The second-order valence-electron chi connectivity index (χ2n) is 10.7. The van der Waals surface area contributed by atoms with Gasteiger partial charge in [0.25, 0.3) is 0 Å². The summed E-state index contributed by atoms with van der Waals surface area (Å²) in [5.41, 5.74) is -0.382. The summed E-state index contributed by atoms with van der Waals surface area (Å²) >= 11 is 0. The van der Waals surface area contributed by atoms with E-state index in [0.29, 0.717) is 35.4 Å². The lowest BCUT2D eigenvalue weighted by molar-refractivity contribution is -0.179. The number of carbonyl (C=O) groups is 2. The van der Waals surface area contributed by atoms with Gasteiger partial charge in [-0.25, -0.2) is 0 Å². The SMILES string of the molecule is CCC[C@@H](C)[C@H]1C(=O)C[C@H]2[C@@H]3CC[C@@H]4CCCC[C@]4(C(=O)O)[C@H]3CC[C@]12C. The van der Waals surface area contributed by atoms with E-state index in [1.807, 2.05) is 0 Å². The minimum atomic E-state index is -0.522. The average molecular weight is 375 g/mol. The van der Waals surface area contributed by atoms with Gasteiger partial charge < -0.3 is 5.11 Å². The molecule has 0 heterocycles. The molecule has 3 heteroatoms. The second-order valence-corrected chi connectivity index (χ2v) is 10.7. The van der Waals surface area contributed by atoms with Gasteiger partial charge in [0, 0.05) is 12.3 Å². The zero-order valence-electron chi connectivity index (χ0n) is 17.5. The van der Waals surface area contributed by atoms with Gasteiger partial charge in [-0.2, -0.15) is 0 Å². The maximum Gasteiger partial charge on any atom is 0.310 e. The van der Waals surface area contributed by atoms with Gasteiger partial charge in [0.1, 0.15) is 5.78 Å². The summed E-state index contributed by atoms with van der Waals surface area (Å²) in [7, 11) is 0. The standard InChI is InChI=1S/C24H38O3/c1-4-7-15(2)21-20(25)14-19-17-10-9-16-8-5-6-12-24(16,22(26)27)18(17)11-13-23(19,21)3/h15-19,21H,4-14H2,1-3H3,(H,26,27)/t15-,16+,17-,18+,19+,21+,23+,24-/m1/s1. The Morgan fingerprint density at radius 1 is 1.15 bits per heavy atom. The minimum absolute atomic E-state index is 0.105. The first-order valence-corrected chi connectivity index (χ1v) is 11.6. The van der Waals surface area contributed by atoms with Crippen LogP contribution in [0.1, 0.15) is 91.4 Å².